The van der Waals surface area contributed by atoms with E-state index < -0.39 is 0 Å². The molecule has 2 saturated heterocycles. The number of hydrogen-bond donors (Lipinski definition) is 0. The van der Waals surface area contributed by atoms with Gasteiger partial charge in [0, 0.05) is 43.8 Å². The molecule has 4 heteroatoms. The van der Waals surface area contributed by atoms with E-state index in [1.54, 1.807) is 0 Å². The molecule has 1 aliphatic carbocycles. The summed E-state index contributed by atoms with van der Waals surface area (Å²) in [6.45, 7) is 4.76. The lowest BCUT2D eigenvalue weighted by molar-refractivity contribution is 0.451. The van der Waals surface area contributed by atoms with E-state index in [0.717, 1.165) is 11.2 Å². The van der Waals surface area contributed by atoms with Gasteiger partial charge in [-0.3, -0.25) is 0 Å². The van der Waals surface area contributed by atoms with Gasteiger partial charge in [-0.15, -0.1) is 11.3 Å². The van der Waals surface area contributed by atoms with Crippen molar-refractivity contribution in [2.24, 2.45) is 0 Å². The Labute approximate surface area is 159 Å². The third kappa shape index (κ3) is 3.11. The van der Waals surface area contributed by atoms with Crippen molar-refractivity contribution in [3.05, 3.63) is 41.8 Å². The van der Waals surface area contributed by atoms with Crippen molar-refractivity contribution >= 4 is 27.2 Å². The number of benzene rings is 2. The second kappa shape index (κ2) is 6.99. The second-order valence-electron chi connectivity index (χ2n) is 7.61. The highest BCUT2D eigenvalue weighted by atomic mass is 32.1. The van der Waals surface area contributed by atoms with Gasteiger partial charge in [0.1, 0.15) is 13.1 Å². The van der Waals surface area contributed by atoms with Crippen molar-refractivity contribution in [1.29, 1.82) is 0 Å². The summed E-state index contributed by atoms with van der Waals surface area (Å²) in [7, 11) is 0. The highest BCUT2D eigenvalue weighted by molar-refractivity contribution is 7.21. The smallest absolute Gasteiger partial charge is 0.201 e. The number of rotatable bonds is 1. The van der Waals surface area contributed by atoms with E-state index in [0.29, 0.717) is 0 Å². The van der Waals surface area contributed by atoms with Crippen LogP contribution < -0.4 is 14.8 Å². The minimum atomic E-state index is 1.12. The first-order valence-corrected chi connectivity index (χ1v) is 10.9. The molecule has 3 aliphatic heterocycles. The summed E-state index contributed by atoms with van der Waals surface area (Å²) in [6.07, 6.45) is 8.01. The summed E-state index contributed by atoms with van der Waals surface area (Å²) in [5.74, 6) is 0. The molecule has 2 fully saturated rings. The van der Waals surface area contributed by atoms with Gasteiger partial charge in [0.15, 0.2) is 0 Å². The third-order valence-electron chi connectivity index (χ3n) is 5.79. The Morgan fingerprint density at radius 1 is 0.846 bits per heavy atom. The van der Waals surface area contributed by atoms with E-state index in [1.807, 2.05) is 11.3 Å². The molecule has 5 rings (SSSR count). The van der Waals surface area contributed by atoms with E-state index in [4.69, 9.17) is 4.98 Å². The number of aromatic nitrogens is 1. The molecule has 0 atom stereocenters. The maximum Gasteiger partial charge on any atom is 0.201 e. The minimum Gasteiger partial charge on any atom is -0.371 e. The van der Waals surface area contributed by atoms with E-state index in [1.165, 1.54) is 85.3 Å². The molecule has 3 heterocycles. The molecule has 0 amide bonds. The van der Waals surface area contributed by atoms with Crippen LogP contribution in [0.4, 0.5) is 5.69 Å². The van der Waals surface area contributed by atoms with Crippen LogP contribution in [0.5, 0.6) is 0 Å². The molecule has 0 radical (unpaired) electrons. The molecule has 26 heavy (non-hydrogen) atoms. The molecule has 0 spiro atoms. The van der Waals surface area contributed by atoms with Gasteiger partial charge in [-0.1, -0.05) is 0 Å². The number of piperidine rings is 2. The average molecular weight is 365 g/mol. The molecule has 134 valence electrons. The molecule has 0 N–H and O–H groups in total. The predicted octanol–water partition coefficient (Wildman–Crippen LogP) is 4.35. The zero-order valence-corrected chi connectivity index (χ0v) is 16.1. The normalized spacial score (nSPS) is 18.6. The third-order valence-corrected chi connectivity index (χ3v) is 6.88. The highest BCUT2D eigenvalue weighted by Gasteiger charge is 2.15. The van der Waals surface area contributed by atoms with Crippen molar-refractivity contribution in [3.63, 3.8) is 0 Å². The van der Waals surface area contributed by atoms with Crippen LogP contribution in [-0.4, -0.2) is 31.2 Å². The van der Waals surface area contributed by atoms with Crippen LogP contribution in [0.2, 0.25) is 0 Å². The van der Waals surface area contributed by atoms with Crippen LogP contribution in [0.25, 0.3) is 20.8 Å². The summed E-state index contributed by atoms with van der Waals surface area (Å²) in [4.78, 5) is 8.76. The van der Waals surface area contributed by atoms with Crippen molar-refractivity contribution in [3.8, 4) is 10.6 Å². The number of fused-ring (bicyclic) bond motifs is 2. The molecular formula is C22H26N3S+. The van der Waals surface area contributed by atoms with Gasteiger partial charge >= 0.3 is 0 Å². The van der Waals surface area contributed by atoms with E-state index >= 15 is 0 Å². The number of nitrogens with zero attached hydrogens (tertiary/aromatic N) is 3. The highest BCUT2D eigenvalue weighted by Crippen LogP contribution is 2.32. The molecule has 0 bridgehead atoms. The summed E-state index contributed by atoms with van der Waals surface area (Å²) in [5.41, 5.74) is 3.60. The first kappa shape index (κ1) is 16.2. The Morgan fingerprint density at radius 2 is 1.65 bits per heavy atom. The first-order chi connectivity index (χ1) is 12.9. The fraction of sp³-hybridized carbons (Fsp3) is 0.455. The average Bonchev–Trinajstić information content (AvgIpc) is 2.73. The monoisotopic (exact) mass is 364 g/mol. The largest absolute Gasteiger partial charge is 0.371 e. The topological polar surface area (TPSA) is 19.1 Å². The summed E-state index contributed by atoms with van der Waals surface area (Å²) in [6, 6.07) is 13.6. The first-order valence-electron chi connectivity index (χ1n) is 10.0. The lowest BCUT2D eigenvalue weighted by atomic mass is 10.1. The van der Waals surface area contributed by atoms with Crippen LogP contribution in [-0.2, 0) is 0 Å². The van der Waals surface area contributed by atoms with Crippen molar-refractivity contribution in [1.82, 2.24) is 9.56 Å². The summed E-state index contributed by atoms with van der Waals surface area (Å²) < 4.78 is 3.83. The molecular weight excluding hydrogens is 338 g/mol. The standard InChI is InChI=1S/C22H26N3S/c1-3-11-24(12-4-1)17-7-9-19-21(15-17)26-22-16-18(8-10-20(22)23-19)25-13-5-2-6-14-25/h7-10,15-16H,1-6,11-14H2/q+1. The van der Waals surface area contributed by atoms with Gasteiger partial charge in [-0.05, 0) is 49.9 Å². The lowest BCUT2D eigenvalue weighted by Crippen LogP contribution is -2.34. The van der Waals surface area contributed by atoms with Gasteiger partial charge in [0.2, 0.25) is 5.36 Å². The maximum absolute atomic E-state index is 4.92. The van der Waals surface area contributed by atoms with E-state index in [-0.39, 0.29) is 0 Å². The number of anilines is 1. The molecule has 0 unspecified atom stereocenters. The van der Waals surface area contributed by atoms with Crippen LogP contribution in [0.15, 0.2) is 36.4 Å². The molecule has 1 aromatic rings. The number of hydrogen-bond acceptors (Lipinski definition) is 3. The Balaban J connectivity index is 1.59. The van der Waals surface area contributed by atoms with Gasteiger partial charge in [-0.2, -0.15) is 0 Å². The van der Waals surface area contributed by atoms with Crippen molar-refractivity contribution in [2.45, 2.75) is 38.5 Å². The lowest BCUT2D eigenvalue weighted by Gasteiger charge is -2.28. The summed E-state index contributed by atoms with van der Waals surface area (Å²) in [5, 5.41) is 1.36. The van der Waals surface area contributed by atoms with Crippen LogP contribution in [0.3, 0.4) is 0 Å². The van der Waals surface area contributed by atoms with Gasteiger partial charge in [-0.25, -0.2) is 9.56 Å². The zero-order valence-electron chi connectivity index (χ0n) is 15.3. The van der Waals surface area contributed by atoms with Gasteiger partial charge < -0.3 is 4.90 Å². The Hall–Kier alpha value is -1.94. The fourth-order valence-electron chi connectivity index (χ4n) is 4.30. The van der Waals surface area contributed by atoms with Crippen molar-refractivity contribution in [2.75, 3.05) is 31.1 Å². The maximum atomic E-state index is 4.92. The van der Waals surface area contributed by atoms with Crippen molar-refractivity contribution < 1.29 is 0 Å². The Kier molecular flexibility index (Phi) is 4.37. The van der Waals surface area contributed by atoms with Gasteiger partial charge in [0.25, 0.3) is 0 Å². The second-order valence-corrected chi connectivity index (χ2v) is 8.70. The van der Waals surface area contributed by atoms with Gasteiger partial charge in [0.05, 0.1) is 20.8 Å². The quantitative estimate of drug-likeness (QED) is 0.472. The van der Waals surface area contributed by atoms with E-state index in [2.05, 4.69) is 45.9 Å². The zero-order chi connectivity index (χ0) is 17.3. The molecule has 0 aromatic heterocycles. The fourth-order valence-corrected chi connectivity index (χ4v) is 5.33. The molecule has 4 aliphatic rings. The molecule has 3 nitrogen and oxygen atoms in total. The predicted molar refractivity (Wildman–Crippen MR) is 111 cm³/mol. The molecule has 1 aromatic carbocycles. The Morgan fingerprint density at radius 3 is 2.50 bits per heavy atom. The Bertz CT molecular complexity index is 961. The van der Waals surface area contributed by atoms with Crippen LogP contribution >= 0.6 is 11.3 Å². The van der Waals surface area contributed by atoms with Crippen LogP contribution in [0, 0.1) is 0 Å². The van der Waals surface area contributed by atoms with E-state index in [9.17, 15) is 0 Å². The molecule has 0 saturated carbocycles. The SMILES string of the molecule is c1cc2nc3ccc(=[N+]4CCCCC4)cc-3sc2cc1N1CCCCC1. The minimum absolute atomic E-state index is 1.12. The summed E-state index contributed by atoms with van der Waals surface area (Å²) >= 11 is 1.89. The van der Waals surface area contributed by atoms with Crippen LogP contribution in [0.1, 0.15) is 38.5 Å².